The van der Waals surface area contributed by atoms with Crippen LogP contribution in [0.2, 0.25) is 15.1 Å². The Balaban J connectivity index is 2.33. The van der Waals surface area contributed by atoms with Crippen molar-refractivity contribution >= 4 is 34.8 Å². The summed E-state index contributed by atoms with van der Waals surface area (Å²) in [5, 5.41) is 5.09. The minimum Gasteiger partial charge on any atom is -0.313 e. The third-order valence-electron chi connectivity index (χ3n) is 2.65. The molecule has 102 valence electrons. The fourth-order valence-corrected chi connectivity index (χ4v) is 2.30. The molecule has 0 saturated heterocycles. The average molecular weight is 310 g/mol. The van der Waals surface area contributed by atoms with Gasteiger partial charge in [0.2, 0.25) is 0 Å². The van der Waals surface area contributed by atoms with E-state index in [0.717, 1.165) is 25.1 Å². The van der Waals surface area contributed by atoms with Crippen molar-refractivity contribution in [3.8, 4) is 0 Å². The van der Waals surface area contributed by atoms with E-state index >= 15 is 0 Å². The first-order valence-electron chi connectivity index (χ1n) is 6.00. The van der Waals surface area contributed by atoms with E-state index in [1.165, 1.54) is 6.42 Å². The van der Waals surface area contributed by atoms with Gasteiger partial charge in [0.25, 0.3) is 0 Å². The zero-order valence-electron chi connectivity index (χ0n) is 10.8. The Kier molecular flexibility index (Phi) is 7.35. The predicted molar refractivity (Wildman–Crippen MR) is 81.0 cm³/mol. The maximum atomic E-state index is 6.12. The van der Waals surface area contributed by atoms with E-state index < -0.39 is 0 Å². The Labute approximate surface area is 124 Å². The van der Waals surface area contributed by atoms with Gasteiger partial charge in [0, 0.05) is 17.1 Å². The number of benzene rings is 1. The van der Waals surface area contributed by atoms with Gasteiger partial charge in [-0.25, -0.2) is 0 Å². The molecule has 0 unspecified atom stereocenters. The van der Waals surface area contributed by atoms with Crippen LogP contribution < -0.4 is 5.32 Å². The van der Waals surface area contributed by atoms with Crippen LogP contribution in [0.5, 0.6) is 0 Å². The predicted octanol–water partition coefficient (Wildman–Crippen LogP) is 4.08. The van der Waals surface area contributed by atoms with E-state index in [2.05, 4.69) is 24.3 Å². The van der Waals surface area contributed by atoms with Gasteiger partial charge in [-0.05, 0) is 52.2 Å². The Morgan fingerprint density at radius 2 is 1.72 bits per heavy atom. The van der Waals surface area contributed by atoms with E-state index in [9.17, 15) is 0 Å². The Bertz CT molecular complexity index is 381. The molecule has 1 aromatic rings. The Hall–Kier alpha value is 0.01000. The van der Waals surface area contributed by atoms with Gasteiger partial charge in [0.15, 0.2) is 0 Å². The highest BCUT2D eigenvalue weighted by molar-refractivity contribution is 6.44. The second kappa shape index (κ2) is 8.23. The van der Waals surface area contributed by atoms with Crippen molar-refractivity contribution in [3.05, 3.63) is 32.8 Å². The molecular weight excluding hydrogens is 291 g/mol. The Morgan fingerprint density at radius 3 is 2.39 bits per heavy atom. The zero-order valence-corrected chi connectivity index (χ0v) is 13.0. The molecule has 0 fully saturated rings. The van der Waals surface area contributed by atoms with E-state index in [4.69, 9.17) is 34.8 Å². The van der Waals surface area contributed by atoms with Crippen LogP contribution in [-0.2, 0) is 6.54 Å². The number of rotatable bonds is 7. The topological polar surface area (TPSA) is 15.3 Å². The van der Waals surface area contributed by atoms with Crippen LogP contribution in [0.15, 0.2) is 12.1 Å². The van der Waals surface area contributed by atoms with Crippen molar-refractivity contribution in [2.75, 3.05) is 27.2 Å². The first-order chi connectivity index (χ1) is 8.52. The number of nitrogens with one attached hydrogen (secondary N) is 1. The zero-order chi connectivity index (χ0) is 13.5. The second-order valence-electron chi connectivity index (χ2n) is 4.51. The molecule has 0 aromatic heterocycles. The van der Waals surface area contributed by atoms with Crippen molar-refractivity contribution in [2.45, 2.75) is 19.4 Å². The summed E-state index contributed by atoms with van der Waals surface area (Å²) in [6, 6.07) is 3.49. The molecule has 0 spiro atoms. The first kappa shape index (κ1) is 16.1. The van der Waals surface area contributed by atoms with Gasteiger partial charge in [-0.1, -0.05) is 34.8 Å². The highest BCUT2D eigenvalue weighted by Crippen LogP contribution is 2.31. The lowest BCUT2D eigenvalue weighted by Crippen LogP contribution is -2.18. The molecule has 0 radical (unpaired) electrons. The molecule has 18 heavy (non-hydrogen) atoms. The van der Waals surface area contributed by atoms with Gasteiger partial charge in [-0.2, -0.15) is 0 Å². The summed E-state index contributed by atoms with van der Waals surface area (Å²) in [5.74, 6) is 0. The lowest BCUT2D eigenvalue weighted by Gasteiger charge is -2.11. The largest absolute Gasteiger partial charge is 0.313 e. The van der Waals surface area contributed by atoms with Crippen molar-refractivity contribution in [2.24, 2.45) is 0 Å². The molecule has 0 amide bonds. The first-order valence-corrected chi connectivity index (χ1v) is 7.13. The molecule has 0 atom stereocenters. The minimum atomic E-state index is 0.546. The molecule has 1 rings (SSSR count). The fraction of sp³-hybridized carbons (Fsp3) is 0.538. The number of halogens is 3. The molecule has 1 N–H and O–H groups in total. The van der Waals surface area contributed by atoms with Crippen LogP contribution in [0.25, 0.3) is 0 Å². The molecule has 5 heteroatoms. The molecule has 0 aliphatic heterocycles. The SMILES string of the molecule is CN(C)CCCCNCc1c(Cl)ccc(Cl)c1Cl. The molecule has 2 nitrogen and oxygen atoms in total. The number of hydrogen-bond donors (Lipinski definition) is 1. The van der Waals surface area contributed by atoms with Gasteiger partial charge in [0.05, 0.1) is 10.0 Å². The van der Waals surface area contributed by atoms with Crippen molar-refractivity contribution in [1.29, 1.82) is 0 Å². The monoisotopic (exact) mass is 308 g/mol. The lowest BCUT2D eigenvalue weighted by atomic mass is 10.2. The number of nitrogens with zero attached hydrogens (tertiary/aromatic N) is 1. The van der Waals surface area contributed by atoms with Crippen LogP contribution in [0.3, 0.4) is 0 Å². The van der Waals surface area contributed by atoms with Crippen LogP contribution >= 0.6 is 34.8 Å². The summed E-state index contributed by atoms with van der Waals surface area (Å²) in [4.78, 5) is 2.19. The standard InChI is InChI=1S/C13H19Cl3N2/c1-18(2)8-4-3-7-17-9-10-11(14)5-6-12(15)13(10)16/h5-6,17H,3-4,7-9H2,1-2H3. The van der Waals surface area contributed by atoms with Gasteiger partial charge in [-0.3, -0.25) is 0 Å². The highest BCUT2D eigenvalue weighted by Gasteiger charge is 2.08. The molecule has 0 heterocycles. The van der Waals surface area contributed by atoms with Crippen LogP contribution in [0.1, 0.15) is 18.4 Å². The molecule has 1 aromatic carbocycles. The third-order valence-corrected chi connectivity index (χ3v) is 3.85. The minimum absolute atomic E-state index is 0.546. The lowest BCUT2D eigenvalue weighted by molar-refractivity contribution is 0.391. The summed E-state index contributed by atoms with van der Waals surface area (Å²) >= 11 is 18.2. The van der Waals surface area contributed by atoms with Crippen molar-refractivity contribution in [3.63, 3.8) is 0 Å². The quantitative estimate of drug-likeness (QED) is 0.603. The van der Waals surface area contributed by atoms with E-state index in [-0.39, 0.29) is 0 Å². The smallest absolute Gasteiger partial charge is 0.0652 e. The van der Waals surface area contributed by atoms with Crippen molar-refractivity contribution in [1.82, 2.24) is 10.2 Å². The second-order valence-corrected chi connectivity index (χ2v) is 5.70. The summed E-state index contributed by atoms with van der Waals surface area (Å²) in [6.45, 7) is 2.72. The van der Waals surface area contributed by atoms with Gasteiger partial charge in [-0.15, -0.1) is 0 Å². The van der Waals surface area contributed by atoms with E-state index in [1.807, 2.05) is 0 Å². The van der Waals surface area contributed by atoms with E-state index in [1.54, 1.807) is 12.1 Å². The van der Waals surface area contributed by atoms with Crippen LogP contribution in [-0.4, -0.2) is 32.1 Å². The summed E-state index contributed by atoms with van der Waals surface area (Å²) in [5.41, 5.74) is 0.874. The molecule has 0 aliphatic carbocycles. The highest BCUT2D eigenvalue weighted by atomic mass is 35.5. The third kappa shape index (κ3) is 5.33. The average Bonchev–Trinajstić information content (AvgIpc) is 2.32. The van der Waals surface area contributed by atoms with Gasteiger partial charge >= 0.3 is 0 Å². The van der Waals surface area contributed by atoms with E-state index in [0.29, 0.717) is 21.6 Å². The Morgan fingerprint density at radius 1 is 1.06 bits per heavy atom. The van der Waals surface area contributed by atoms with Gasteiger partial charge < -0.3 is 10.2 Å². The van der Waals surface area contributed by atoms with Crippen LogP contribution in [0, 0.1) is 0 Å². The number of unbranched alkanes of at least 4 members (excludes halogenated alkanes) is 1. The van der Waals surface area contributed by atoms with Crippen molar-refractivity contribution < 1.29 is 0 Å². The maximum Gasteiger partial charge on any atom is 0.0652 e. The molecular formula is C13H19Cl3N2. The summed E-state index contributed by atoms with van der Waals surface area (Å²) in [7, 11) is 4.16. The fourth-order valence-electron chi connectivity index (χ4n) is 1.62. The summed E-state index contributed by atoms with van der Waals surface area (Å²) in [6.07, 6.45) is 2.31. The molecule has 0 aliphatic rings. The number of hydrogen-bond acceptors (Lipinski definition) is 2. The maximum absolute atomic E-state index is 6.12. The normalized spacial score (nSPS) is 11.2. The molecule has 0 bridgehead atoms. The van der Waals surface area contributed by atoms with Crippen LogP contribution in [0.4, 0.5) is 0 Å². The molecule has 0 saturated carbocycles. The van der Waals surface area contributed by atoms with Gasteiger partial charge in [0.1, 0.15) is 0 Å². The summed E-state index contributed by atoms with van der Waals surface area (Å²) < 4.78 is 0.